The number of unbranched alkanes of at least 4 members (excludes halogenated alkanes) is 4. The van der Waals surface area contributed by atoms with E-state index in [1.807, 2.05) is 6.92 Å². The highest BCUT2D eigenvalue weighted by Crippen LogP contribution is 2.23. The molecule has 0 bridgehead atoms. The summed E-state index contributed by atoms with van der Waals surface area (Å²) in [6.07, 6.45) is 4.46. The van der Waals surface area contributed by atoms with Crippen LogP contribution < -0.4 is 0 Å². The Morgan fingerprint density at radius 2 is 1.83 bits per heavy atom. The molecule has 1 saturated heterocycles. The van der Waals surface area contributed by atoms with Crippen molar-refractivity contribution in [3.8, 4) is 0 Å². The van der Waals surface area contributed by atoms with Gasteiger partial charge in [0.2, 0.25) is 0 Å². The van der Waals surface area contributed by atoms with E-state index in [-0.39, 0.29) is 18.2 Å². The van der Waals surface area contributed by atoms with Gasteiger partial charge in [0, 0.05) is 12.8 Å². The number of aliphatic hydroxyl groups is 2. The number of ether oxygens (including phenoxy) is 3. The molecule has 0 saturated carbocycles. The zero-order valence-electron chi connectivity index (χ0n) is 14.6. The van der Waals surface area contributed by atoms with Crippen molar-refractivity contribution >= 4 is 5.97 Å². The van der Waals surface area contributed by atoms with E-state index >= 15 is 0 Å². The molecule has 5 atom stereocenters. The lowest BCUT2D eigenvalue weighted by Crippen LogP contribution is -2.48. The Bertz CT molecular complexity index is 335. The van der Waals surface area contributed by atoms with Crippen LogP contribution in [0.1, 0.15) is 65.2 Å². The van der Waals surface area contributed by atoms with Gasteiger partial charge in [0.15, 0.2) is 6.29 Å². The molecule has 23 heavy (non-hydrogen) atoms. The SMILES string of the molecule is COC(=O)CCCCCCCC(C)O[C@@H]1O[C@@H](C)[C@H](O)C[C@H]1O. The predicted octanol–water partition coefficient (Wildman–Crippen LogP) is 2.15. The number of rotatable bonds is 10. The van der Waals surface area contributed by atoms with Crippen LogP contribution in [0.3, 0.4) is 0 Å². The van der Waals surface area contributed by atoms with Crippen LogP contribution in [-0.2, 0) is 19.0 Å². The maximum Gasteiger partial charge on any atom is 0.305 e. The van der Waals surface area contributed by atoms with E-state index in [9.17, 15) is 15.0 Å². The fourth-order valence-electron chi connectivity index (χ4n) is 2.70. The smallest absolute Gasteiger partial charge is 0.305 e. The number of carbonyl (C=O) groups excluding carboxylic acids is 1. The van der Waals surface area contributed by atoms with Crippen molar-refractivity contribution in [1.82, 2.24) is 0 Å². The van der Waals surface area contributed by atoms with E-state index in [1.165, 1.54) is 7.11 Å². The second-order valence-corrected chi connectivity index (χ2v) is 6.41. The molecule has 0 aliphatic carbocycles. The highest BCUT2D eigenvalue weighted by Gasteiger charge is 2.35. The first-order chi connectivity index (χ1) is 10.9. The highest BCUT2D eigenvalue weighted by atomic mass is 16.7. The second kappa shape index (κ2) is 11.0. The monoisotopic (exact) mass is 332 g/mol. The summed E-state index contributed by atoms with van der Waals surface area (Å²) in [6.45, 7) is 3.76. The Balaban J connectivity index is 2.06. The second-order valence-electron chi connectivity index (χ2n) is 6.41. The van der Waals surface area contributed by atoms with Crippen LogP contribution in [0.25, 0.3) is 0 Å². The Kier molecular flexibility index (Phi) is 9.71. The van der Waals surface area contributed by atoms with E-state index in [0.717, 1.165) is 38.5 Å². The van der Waals surface area contributed by atoms with Crippen LogP contribution >= 0.6 is 0 Å². The van der Waals surface area contributed by atoms with Gasteiger partial charge in [0.25, 0.3) is 0 Å². The fourth-order valence-corrected chi connectivity index (χ4v) is 2.70. The van der Waals surface area contributed by atoms with Crippen LogP contribution in [0.15, 0.2) is 0 Å². The lowest BCUT2D eigenvalue weighted by Gasteiger charge is -2.36. The van der Waals surface area contributed by atoms with Crippen LogP contribution in [0.4, 0.5) is 0 Å². The Morgan fingerprint density at radius 3 is 2.52 bits per heavy atom. The van der Waals surface area contributed by atoms with Crippen molar-refractivity contribution < 1.29 is 29.2 Å². The van der Waals surface area contributed by atoms with Gasteiger partial charge in [-0.05, 0) is 26.7 Å². The van der Waals surface area contributed by atoms with E-state index in [1.54, 1.807) is 6.92 Å². The maximum atomic E-state index is 11.0. The first-order valence-corrected chi connectivity index (χ1v) is 8.68. The minimum atomic E-state index is -0.776. The van der Waals surface area contributed by atoms with E-state index < -0.39 is 18.5 Å². The number of methoxy groups -OCH3 is 1. The lowest BCUT2D eigenvalue weighted by molar-refractivity contribution is -0.273. The molecule has 0 aromatic carbocycles. The summed E-state index contributed by atoms with van der Waals surface area (Å²) in [5, 5.41) is 19.5. The molecular weight excluding hydrogens is 300 g/mol. The van der Waals surface area contributed by atoms with Crippen LogP contribution in [0, 0.1) is 0 Å². The van der Waals surface area contributed by atoms with E-state index in [0.29, 0.717) is 12.8 Å². The van der Waals surface area contributed by atoms with Gasteiger partial charge in [-0.25, -0.2) is 0 Å². The molecule has 1 fully saturated rings. The minimum absolute atomic E-state index is 0.00663. The predicted molar refractivity (Wildman–Crippen MR) is 85.8 cm³/mol. The van der Waals surface area contributed by atoms with Crippen molar-refractivity contribution in [2.24, 2.45) is 0 Å². The third-order valence-corrected chi connectivity index (χ3v) is 4.27. The van der Waals surface area contributed by atoms with Crippen molar-refractivity contribution in [3.05, 3.63) is 0 Å². The molecule has 0 radical (unpaired) electrons. The van der Waals surface area contributed by atoms with Crippen LogP contribution in [-0.4, -0.2) is 54.0 Å². The topological polar surface area (TPSA) is 85.2 Å². The van der Waals surface area contributed by atoms with E-state index in [2.05, 4.69) is 4.74 Å². The number of esters is 1. The van der Waals surface area contributed by atoms with Gasteiger partial charge in [-0.15, -0.1) is 0 Å². The standard InChI is InChI=1S/C17H32O6/c1-12(9-7-5-4-6-8-10-16(20)21-3)22-17-15(19)11-14(18)13(2)23-17/h12-15,17-19H,4-11H2,1-3H3/t12?,13-,14+,15+,17+/m0/s1. The summed E-state index contributed by atoms with van der Waals surface area (Å²) in [5.74, 6) is -0.141. The normalized spacial score (nSPS) is 29.3. The molecule has 1 rings (SSSR count). The molecule has 0 amide bonds. The van der Waals surface area contributed by atoms with Crippen molar-refractivity contribution in [3.63, 3.8) is 0 Å². The molecule has 0 aromatic rings. The van der Waals surface area contributed by atoms with Crippen molar-refractivity contribution in [1.29, 1.82) is 0 Å². The molecule has 1 unspecified atom stereocenters. The maximum absolute atomic E-state index is 11.0. The summed E-state index contributed by atoms with van der Waals surface area (Å²) in [6, 6.07) is 0. The van der Waals surface area contributed by atoms with Gasteiger partial charge in [0.05, 0.1) is 25.4 Å². The summed E-state index contributed by atoms with van der Waals surface area (Å²) in [4.78, 5) is 11.0. The highest BCUT2D eigenvalue weighted by molar-refractivity contribution is 5.68. The molecule has 1 aliphatic rings. The number of hydrogen-bond donors (Lipinski definition) is 2. The van der Waals surface area contributed by atoms with Crippen LogP contribution in [0.2, 0.25) is 0 Å². The van der Waals surface area contributed by atoms with Gasteiger partial charge >= 0.3 is 5.97 Å². The largest absolute Gasteiger partial charge is 0.469 e. The molecule has 0 aromatic heterocycles. The molecule has 6 nitrogen and oxygen atoms in total. The van der Waals surface area contributed by atoms with Crippen molar-refractivity contribution in [2.75, 3.05) is 7.11 Å². The summed E-state index contributed by atoms with van der Waals surface area (Å²) < 4.78 is 15.9. The first kappa shape index (κ1) is 20.4. The lowest BCUT2D eigenvalue weighted by atomic mass is 10.0. The molecular formula is C17H32O6. The first-order valence-electron chi connectivity index (χ1n) is 8.68. The summed E-state index contributed by atoms with van der Waals surface area (Å²) in [5.41, 5.74) is 0. The zero-order chi connectivity index (χ0) is 17.2. The number of carbonyl (C=O) groups is 1. The van der Waals surface area contributed by atoms with Gasteiger partial charge in [-0.1, -0.05) is 25.7 Å². The van der Waals surface area contributed by atoms with Gasteiger partial charge < -0.3 is 24.4 Å². The van der Waals surface area contributed by atoms with Gasteiger partial charge in [0.1, 0.15) is 6.10 Å². The Morgan fingerprint density at radius 1 is 1.17 bits per heavy atom. The van der Waals surface area contributed by atoms with E-state index in [4.69, 9.17) is 9.47 Å². The third kappa shape index (κ3) is 8.11. The average molecular weight is 332 g/mol. The number of hydrogen-bond acceptors (Lipinski definition) is 6. The quantitative estimate of drug-likeness (QED) is 0.471. The number of aliphatic hydroxyl groups excluding tert-OH is 2. The van der Waals surface area contributed by atoms with Crippen molar-refractivity contribution in [2.45, 2.75) is 95.9 Å². The molecule has 0 spiro atoms. The Hall–Kier alpha value is -0.690. The molecule has 1 heterocycles. The fraction of sp³-hybridized carbons (Fsp3) is 0.941. The molecule has 136 valence electrons. The molecule has 1 aliphatic heterocycles. The van der Waals surface area contributed by atoms with Gasteiger partial charge in [-0.2, -0.15) is 0 Å². The summed E-state index contributed by atoms with van der Waals surface area (Å²) >= 11 is 0. The van der Waals surface area contributed by atoms with Crippen LogP contribution in [0.5, 0.6) is 0 Å². The Labute approximate surface area is 139 Å². The third-order valence-electron chi connectivity index (χ3n) is 4.27. The minimum Gasteiger partial charge on any atom is -0.469 e. The van der Waals surface area contributed by atoms with Gasteiger partial charge in [-0.3, -0.25) is 4.79 Å². The molecule has 2 N–H and O–H groups in total. The average Bonchev–Trinajstić information content (AvgIpc) is 2.51. The summed E-state index contributed by atoms with van der Waals surface area (Å²) in [7, 11) is 1.41. The zero-order valence-corrected chi connectivity index (χ0v) is 14.6. The molecule has 6 heteroatoms.